The average molecular weight is 184 g/mol. The van der Waals surface area contributed by atoms with E-state index in [4.69, 9.17) is 4.74 Å². The van der Waals surface area contributed by atoms with Crippen molar-refractivity contribution >= 4 is 11.8 Å². The van der Waals surface area contributed by atoms with Gasteiger partial charge in [-0.3, -0.25) is 9.59 Å². The van der Waals surface area contributed by atoms with E-state index in [1.807, 2.05) is 6.92 Å². The Balaban J connectivity index is 2.51. The maximum Gasteiger partial charge on any atom is 0.316 e. The van der Waals surface area contributed by atoms with Gasteiger partial charge in [0.15, 0.2) is 0 Å². The van der Waals surface area contributed by atoms with E-state index in [2.05, 4.69) is 0 Å². The molecule has 1 aliphatic rings. The standard InChI is InChI=1S/C10H16O3/c1-3-13-10(12)8-5-4-7(2)6-9(8)11/h7-8H,3-6H2,1-2H3/t7-,8-/m0/s1. The SMILES string of the molecule is CCOC(=O)[C@H]1CC[C@H](C)CC1=O. The van der Waals surface area contributed by atoms with Crippen LogP contribution in [-0.4, -0.2) is 18.4 Å². The van der Waals surface area contributed by atoms with Crippen molar-refractivity contribution in [3.63, 3.8) is 0 Å². The summed E-state index contributed by atoms with van der Waals surface area (Å²) in [7, 11) is 0. The summed E-state index contributed by atoms with van der Waals surface area (Å²) in [6.07, 6.45) is 2.15. The topological polar surface area (TPSA) is 43.4 Å². The third-order valence-electron chi connectivity index (χ3n) is 2.46. The zero-order valence-electron chi connectivity index (χ0n) is 8.21. The summed E-state index contributed by atoms with van der Waals surface area (Å²) in [5.41, 5.74) is 0. The Kier molecular flexibility index (Phi) is 3.46. The van der Waals surface area contributed by atoms with Gasteiger partial charge in [0.1, 0.15) is 11.7 Å². The van der Waals surface area contributed by atoms with Crippen molar-refractivity contribution in [2.24, 2.45) is 11.8 Å². The van der Waals surface area contributed by atoms with Crippen LogP contribution in [0.3, 0.4) is 0 Å². The van der Waals surface area contributed by atoms with E-state index in [1.54, 1.807) is 6.92 Å². The molecule has 0 unspecified atom stereocenters. The molecule has 0 N–H and O–H groups in total. The van der Waals surface area contributed by atoms with Gasteiger partial charge in [0.25, 0.3) is 0 Å². The molecule has 0 radical (unpaired) electrons. The zero-order valence-corrected chi connectivity index (χ0v) is 8.21. The molecule has 13 heavy (non-hydrogen) atoms. The van der Waals surface area contributed by atoms with Gasteiger partial charge < -0.3 is 4.74 Å². The molecule has 0 heterocycles. The molecule has 0 aromatic rings. The van der Waals surface area contributed by atoms with Crippen molar-refractivity contribution < 1.29 is 14.3 Å². The quantitative estimate of drug-likeness (QED) is 0.483. The zero-order chi connectivity index (χ0) is 9.84. The lowest BCUT2D eigenvalue weighted by atomic mass is 9.82. The fourth-order valence-electron chi connectivity index (χ4n) is 1.69. The van der Waals surface area contributed by atoms with Crippen molar-refractivity contribution in [2.75, 3.05) is 6.61 Å². The Labute approximate surface area is 78.5 Å². The van der Waals surface area contributed by atoms with E-state index < -0.39 is 5.92 Å². The molecule has 1 fully saturated rings. The molecule has 1 aliphatic carbocycles. The Hall–Kier alpha value is -0.860. The van der Waals surface area contributed by atoms with Crippen LogP contribution in [0, 0.1) is 11.8 Å². The van der Waals surface area contributed by atoms with Gasteiger partial charge in [-0.05, 0) is 25.7 Å². The Morgan fingerprint density at radius 2 is 2.23 bits per heavy atom. The number of Topliss-reactive ketones (excluding diaryl/α,β-unsaturated/α-hetero) is 1. The highest BCUT2D eigenvalue weighted by atomic mass is 16.5. The van der Waals surface area contributed by atoms with Crippen molar-refractivity contribution in [3.05, 3.63) is 0 Å². The van der Waals surface area contributed by atoms with Gasteiger partial charge in [0.2, 0.25) is 0 Å². The van der Waals surface area contributed by atoms with E-state index in [-0.39, 0.29) is 11.8 Å². The monoisotopic (exact) mass is 184 g/mol. The smallest absolute Gasteiger partial charge is 0.316 e. The Bertz CT molecular complexity index is 202. The summed E-state index contributed by atoms with van der Waals surface area (Å²) in [5.74, 6) is -0.328. The normalized spacial score (nSPS) is 28.6. The van der Waals surface area contributed by atoms with Crippen LogP contribution in [0.5, 0.6) is 0 Å². The van der Waals surface area contributed by atoms with Crippen LogP contribution in [0.2, 0.25) is 0 Å². The predicted molar refractivity (Wildman–Crippen MR) is 48.1 cm³/mol. The first-order valence-corrected chi connectivity index (χ1v) is 4.84. The van der Waals surface area contributed by atoms with Crippen LogP contribution in [0.4, 0.5) is 0 Å². The van der Waals surface area contributed by atoms with E-state index in [9.17, 15) is 9.59 Å². The van der Waals surface area contributed by atoms with Crippen molar-refractivity contribution in [1.82, 2.24) is 0 Å². The Morgan fingerprint density at radius 1 is 1.54 bits per heavy atom. The predicted octanol–water partition coefficient (Wildman–Crippen LogP) is 1.55. The van der Waals surface area contributed by atoms with Gasteiger partial charge >= 0.3 is 5.97 Å². The van der Waals surface area contributed by atoms with Gasteiger partial charge in [-0.2, -0.15) is 0 Å². The molecule has 1 saturated carbocycles. The molecule has 3 nitrogen and oxygen atoms in total. The number of rotatable bonds is 2. The van der Waals surface area contributed by atoms with E-state index in [0.717, 1.165) is 6.42 Å². The number of ketones is 1. The van der Waals surface area contributed by atoms with Crippen LogP contribution in [0.25, 0.3) is 0 Å². The molecule has 0 saturated heterocycles. The second-order valence-electron chi connectivity index (χ2n) is 3.66. The fraction of sp³-hybridized carbons (Fsp3) is 0.800. The molecule has 0 amide bonds. The molecule has 3 heteroatoms. The van der Waals surface area contributed by atoms with Crippen molar-refractivity contribution in [2.45, 2.75) is 33.1 Å². The van der Waals surface area contributed by atoms with Gasteiger partial charge in [0, 0.05) is 6.42 Å². The second-order valence-corrected chi connectivity index (χ2v) is 3.66. The lowest BCUT2D eigenvalue weighted by Crippen LogP contribution is -2.31. The van der Waals surface area contributed by atoms with Crippen LogP contribution in [-0.2, 0) is 14.3 Å². The molecule has 2 atom stereocenters. The third kappa shape index (κ3) is 2.54. The minimum absolute atomic E-state index is 0.0530. The number of esters is 1. The summed E-state index contributed by atoms with van der Waals surface area (Å²) >= 11 is 0. The first-order chi connectivity index (χ1) is 6.15. The number of hydrogen-bond acceptors (Lipinski definition) is 3. The fourth-order valence-corrected chi connectivity index (χ4v) is 1.69. The van der Waals surface area contributed by atoms with Gasteiger partial charge in [0.05, 0.1) is 6.61 Å². The lowest BCUT2D eigenvalue weighted by molar-refractivity contribution is -0.153. The van der Waals surface area contributed by atoms with Crippen LogP contribution >= 0.6 is 0 Å². The maximum absolute atomic E-state index is 11.4. The third-order valence-corrected chi connectivity index (χ3v) is 2.46. The second kappa shape index (κ2) is 4.40. The van der Waals surface area contributed by atoms with Crippen LogP contribution in [0.1, 0.15) is 33.1 Å². The number of hydrogen-bond donors (Lipinski definition) is 0. The summed E-state index contributed by atoms with van der Waals surface area (Å²) in [6, 6.07) is 0. The maximum atomic E-state index is 11.4. The summed E-state index contributed by atoms with van der Waals surface area (Å²) < 4.78 is 4.83. The van der Waals surface area contributed by atoms with Gasteiger partial charge in [-0.15, -0.1) is 0 Å². The minimum Gasteiger partial charge on any atom is -0.465 e. The molecule has 74 valence electrons. The minimum atomic E-state index is -0.476. The summed E-state index contributed by atoms with van der Waals surface area (Å²) in [4.78, 5) is 22.7. The lowest BCUT2D eigenvalue weighted by Gasteiger charge is -2.23. The summed E-state index contributed by atoms with van der Waals surface area (Å²) in [5, 5.41) is 0. The molecular weight excluding hydrogens is 168 g/mol. The molecular formula is C10H16O3. The van der Waals surface area contributed by atoms with E-state index in [0.29, 0.717) is 25.4 Å². The number of carbonyl (C=O) groups is 2. The average Bonchev–Trinajstić information content (AvgIpc) is 2.04. The van der Waals surface area contributed by atoms with Crippen molar-refractivity contribution in [1.29, 1.82) is 0 Å². The molecule has 0 spiro atoms. The Morgan fingerprint density at radius 3 is 2.77 bits per heavy atom. The van der Waals surface area contributed by atoms with E-state index >= 15 is 0 Å². The van der Waals surface area contributed by atoms with Crippen LogP contribution < -0.4 is 0 Å². The highest BCUT2D eigenvalue weighted by molar-refractivity contribution is 5.99. The molecule has 0 aromatic heterocycles. The van der Waals surface area contributed by atoms with Crippen LogP contribution in [0.15, 0.2) is 0 Å². The molecule has 0 aromatic carbocycles. The van der Waals surface area contributed by atoms with E-state index in [1.165, 1.54) is 0 Å². The first kappa shape index (κ1) is 10.2. The molecule has 0 aliphatic heterocycles. The van der Waals surface area contributed by atoms with Crippen molar-refractivity contribution in [3.8, 4) is 0 Å². The number of carbonyl (C=O) groups excluding carboxylic acids is 2. The molecule has 1 rings (SSSR count). The molecule has 0 bridgehead atoms. The highest BCUT2D eigenvalue weighted by Crippen LogP contribution is 2.26. The highest BCUT2D eigenvalue weighted by Gasteiger charge is 2.32. The number of ether oxygens (including phenoxy) is 1. The first-order valence-electron chi connectivity index (χ1n) is 4.84. The van der Waals surface area contributed by atoms with Gasteiger partial charge in [-0.25, -0.2) is 0 Å². The summed E-state index contributed by atoms with van der Waals surface area (Å²) in [6.45, 7) is 4.16. The largest absolute Gasteiger partial charge is 0.465 e. The van der Waals surface area contributed by atoms with Gasteiger partial charge in [-0.1, -0.05) is 6.92 Å².